The molecule has 0 unspecified atom stereocenters. The van der Waals surface area contributed by atoms with Crippen LogP contribution >= 0.6 is 0 Å². The molecule has 0 atom stereocenters. The first-order valence-electron chi connectivity index (χ1n) is 5.01. The highest BCUT2D eigenvalue weighted by molar-refractivity contribution is 5.96. The summed E-state index contributed by atoms with van der Waals surface area (Å²) in [5.74, 6) is -0.0837. The van der Waals surface area contributed by atoms with Crippen molar-refractivity contribution in [3.8, 4) is 0 Å². The van der Waals surface area contributed by atoms with Gasteiger partial charge in [-0.3, -0.25) is 9.79 Å². The van der Waals surface area contributed by atoms with E-state index < -0.39 is 0 Å². The van der Waals surface area contributed by atoms with E-state index in [0.29, 0.717) is 5.70 Å². The zero-order chi connectivity index (χ0) is 11.1. The minimum atomic E-state index is -0.0837. The van der Waals surface area contributed by atoms with Gasteiger partial charge < -0.3 is 4.90 Å². The quantitative estimate of drug-likeness (QED) is 0.490. The highest BCUT2D eigenvalue weighted by Crippen LogP contribution is 2.02. The number of carbonyl (C=O) groups is 1. The third kappa shape index (κ3) is 4.21. The van der Waals surface area contributed by atoms with E-state index in [2.05, 4.69) is 11.6 Å². The number of hydrogen-bond acceptors (Lipinski definition) is 2. The lowest BCUT2D eigenvalue weighted by Crippen LogP contribution is -2.28. The SMILES string of the molecule is C=C(N=C(C)CC)C(=O)N(C)CCC. The second-order valence-corrected chi connectivity index (χ2v) is 3.37. The van der Waals surface area contributed by atoms with Crippen molar-refractivity contribution >= 4 is 11.6 Å². The van der Waals surface area contributed by atoms with Crippen LogP contribution in [0.25, 0.3) is 0 Å². The van der Waals surface area contributed by atoms with Crippen LogP contribution in [0.1, 0.15) is 33.6 Å². The Morgan fingerprint density at radius 2 is 2.00 bits per heavy atom. The molecule has 0 aromatic rings. The fourth-order valence-electron chi connectivity index (χ4n) is 1.01. The lowest BCUT2D eigenvalue weighted by atomic mass is 10.3. The molecule has 0 fully saturated rings. The van der Waals surface area contributed by atoms with Gasteiger partial charge in [-0.05, 0) is 19.8 Å². The van der Waals surface area contributed by atoms with Gasteiger partial charge >= 0.3 is 0 Å². The monoisotopic (exact) mass is 196 g/mol. The molecule has 0 heterocycles. The Labute approximate surface area is 86.5 Å². The average molecular weight is 196 g/mol. The predicted octanol–water partition coefficient (Wildman–Crippen LogP) is 2.24. The molecule has 0 aliphatic rings. The van der Waals surface area contributed by atoms with E-state index in [1.165, 1.54) is 0 Å². The Bertz CT molecular complexity index is 244. The number of carbonyl (C=O) groups excluding carboxylic acids is 1. The van der Waals surface area contributed by atoms with E-state index in [1.807, 2.05) is 20.8 Å². The fourth-order valence-corrected chi connectivity index (χ4v) is 1.01. The summed E-state index contributed by atoms with van der Waals surface area (Å²) < 4.78 is 0. The van der Waals surface area contributed by atoms with Crippen LogP contribution < -0.4 is 0 Å². The Balaban J connectivity index is 4.33. The number of amides is 1. The molecular weight excluding hydrogens is 176 g/mol. The van der Waals surface area contributed by atoms with Gasteiger partial charge in [-0.1, -0.05) is 20.4 Å². The smallest absolute Gasteiger partial charge is 0.271 e. The maximum atomic E-state index is 11.6. The maximum Gasteiger partial charge on any atom is 0.271 e. The Hall–Kier alpha value is -1.12. The minimum absolute atomic E-state index is 0.0837. The molecule has 0 radical (unpaired) electrons. The van der Waals surface area contributed by atoms with Crippen molar-refractivity contribution in [3.05, 3.63) is 12.3 Å². The van der Waals surface area contributed by atoms with E-state index in [9.17, 15) is 4.79 Å². The molecule has 3 nitrogen and oxygen atoms in total. The van der Waals surface area contributed by atoms with Gasteiger partial charge in [0.1, 0.15) is 5.70 Å². The van der Waals surface area contributed by atoms with Gasteiger partial charge in [-0.2, -0.15) is 0 Å². The first-order chi connectivity index (χ1) is 6.52. The molecule has 0 aromatic heterocycles. The normalized spacial score (nSPS) is 11.3. The summed E-state index contributed by atoms with van der Waals surface area (Å²) >= 11 is 0. The van der Waals surface area contributed by atoms with Gasteiger partial charge in [-0.15, -0.1) is 0 Å². The molecule has 0 rings (SSSR count). The van der Waals surface area contributed by atoms with Crippen LogP contribution in [0.2, 0.25) is 0 Å². The van der Waals surface area contributed by atoms with Gasteiger partial charge in [0.15, 0.2) is 0 Å². The van der Waals surface area contributed by atoms with E-state index >= 15 is 0 Å². The molecule has 0 aliphatic carbocycles. The number of rotatable bonds is 5. The van der Waals surface area contributed by atoms with Crippen LogP contribution in [-0.2, 0) is 4.79 Å². The number of hydrogen-bond donors (Lipinski definition) is 0. The Kier molecular flexibility index (Phi) is 5.84. The first-order valence-corrected chi connectivity index (χ1v) is 5.01. The largest absolute Gasteiger partial charge is 0.340 e. The summed E-state index contributed by atoms with van der Waals surface area (Å²) in [5, 5.41) is 0. The lowest BCUT2D eigenvalue weighted by Gasteiger charge is -2.15. The average Bonchev–Trinajstić information content (AvgIpc) is 2.16. The fraction of sp³-hybridized carbons (Fsp3) is 0.636. The summed E-state index contributed by atoms with van der Waals surface area (Å²) in [6, 6.07) is 0. The zero-order valence-corrected chi connectivity index (χ0v) is 9.63. The lowest BCUT2D eigenvalue weighted by molar-refractivity contribution is -0.125. The van der Waals surface area contributed by atoms with Crippen molar-refractivity contribution in [2.24, 2.45) is 4.99 Å². The third-order valence-electron chi connectivity index (χ3n) is 1.99. The van der Waals surface area contributed by atoms with Crippen molar-refractivity contribution in [2.75, 3.05) is 13.6 Å². The summed E-state index contributed by atoms with van der Waals surface area (Å²) in [6.45, 7) is 10.4. The van der Waals surface area contributed by atoms with E-state index in [4.69, 9.17) is 0 Å². The van der Waals surface area contributed by atoms with E-state index in [1.54, 1.807) is 11.9 Å². The number of likely N-dealkylation sites (N-methyl/N-ethyl adjacent to an activating group) is 1. The molecular formula is C11H20N2O. The first kappa shape index (κ1) is 12.9. The summed E-state index contributed by atoms with van der Waals surface area (Å²) in [7, 11) is 1.77. The molecule has 80 valence electrons. The highest BCUT2D eigenvalue weighted by atomic mass is 16.2. The molecule has 3 heteroatoms. The molecule has 0 bridgehead atoms. The van der Waals surface area contributed by atoms with Gasteiger partial charge in [0.25, 0.3) is 5.91 Å². The molecule has 0 saturated carbocycles. The predicted molar refractivity (Wildman–Crippen MR) is 60.5 cm³/mol. The number of nitrogens with zero attached hydrogens (tertiary/aromatic N) is 2. The van der Waals surface area contributed by atoms with Crippen LogP contribution in [0.3, 0.4) is 0 Å². The van der Waals surface area contributed by atoms with Crippen LogP contribution in [0.4, 0.5) is 0 Å². The molecule has 1 amide bonds. The number of aliphatic imine (C=N–C) groups is 1. The second kappa shape index (κ2) is 6.35. The third-order valence-corrected chi connectivity index (χ3v) is 1.99. The molecule has 0 spiro atoms. The molecule has 0 N–H and O–H groups in total. The van der Waals surface area contributed by atoms with Gasteiger partial charge in [-0.25, -0.2) is 0 Å². The molecule has 0 saturated heterocycles. The van der Waals surface area contributed by atoms with Crippen molar-refractivity contribution in [1.29, 1.82) is 0 Å². The van der Waals surface area contributed by atoms with Crippen molar-refractivity contribution < 1.29 is 4.79 Å². The summed E-state index contributed by atoms with van der Waals surface area (Å²) in [6.07, 6.45) is 1.80. The standard InChI is InChI=1S/C11H20N2O/c1-6-8-13(5)11(14)10(4)12-9(3)7-2/h4,6-8H2,1-3,5H3. The summed E-state index contributed by atoms with van der Waals surface area (Å²) in [5.41, 5.74) is 1.27. The molecule has 0 aliphatic heterocycles. The molecule has 14 heavy (non-hydrogen) atoms. The van der Waals surface area contributed by atoms with Gasteiger partial charge in [0, 0.05) is 19.3 Å². The van der Waals surface area contributed by atoms with Crippen LogP contribution in [-0.4, -0.2) is 30.1 Å². The maximum absolute atomic E-state index is 11.6. The Morgan fingerprint density at radius 3 is 2.43 bits per heavy atom. The van der Waals surface area contributed by atoms with Crippen molar-refractivity contribution in [1.82, 2.24) is 4.90 Å². The van der Waals surface area contributed by atoms with Gasteiger partial charge in [0.2, 0.25) is 0 Å². The van der Waals surface area contributed by atoms with Crippen LogP contribution in [0.5, 0.6) is 0 Å². The van der Waals surface area contributed by atoms with Crippen LogP contribution in [0.15, 0.2) is 17.3 Å². The van der Waals surface area contributed by atoms with Gasteiger partial charge in [0.05, 0.1) is 0 Å². The van der Waals surface area contributed by atoms with E-state index in [0.717, 1.165) is 25.1 Å². The van der Waals surface area contributed by atoms with Crippen molar-refractivity contribution in [3.63, 3.8) is 0 Å². The molecule has 0 aromatic carbocycles. The summed E-state index contributed by atoms with van der Waals surface area (Å²) in [4.78, 5) is 17.4. The minimum Gasteiger partial charge on any atom is -0.340 e. The topological polar surface area (TPSA) is 32.7 Å². The second-order valence-electron chi connectivity index (χ2n) is 3.37. The zero-order valence-electron chi connectivity index (χ0n) is 9.63. The van der Waals surface area contributed by atoms with Crippen LogP contribution in [0, 0.1) is 0 Å². The Morgan fingerprint density at radius 1 is 1.43 bits per heavy atom. The van der Waals surface area contributed by atoms with Crippen molar-refractivity contribution in [2.45, 2.75) is 33.6 Å². The highest BCUT2D eigenvalue weighted by Gasteiger charge is 2.10. The van der Waals surface area contributed by atoms with E-state index in [-0.39, 0.29) is 5.91 Å².